The average Bonchev–Trinajstić information content (AvgIpc) is 2.67. The van der Waals surface area contributed by atoms with Crippen molar-refractivity contribution in [1.82, 2.24) is 0 Å². The maximum atomic E-state index is 2.00. The Hall–Kier alpha value is -0.0317. The first kappa shape index (κ1) is 18.7. The van der Waals surface area contributed by atoms with Crippen molar-refractivity contribution in [3.05, 3.63) is 60.7 Å². The minimum absolute atomic E-state index is 0. The fraction of sp³-hybridized carbons (Fsp3) is 0. The second kappa shape index (κ2) is 14.5. The van der Waals surface area contributed by atoms with E-state index in [1.165, 1.54) is 0 Å². The molecular formula is C10H12Cl2Mo-6. The predicted molar refractivity (Wildman–Crippen MR) is 58.6 cm³/mol. The van der Waals surface area contributed by atoms with E-state index >= 15 is 0 Å². The Labute approximate surface area is 106 Å². The Kier molecular flexibility index (Phi) is 20.8. The molecular weight excluding hydrogens is 287 g/mol. The van der Waals surface area contributed by atoms with E-state index in [9.17, 15) is 0 Å². The molecule has 0 saturated carbocycles. The van der Waals surface area contributed by atoms with Crippen molar-refractivity contribution in [3.63, 3.8) is 0 Å². The minimum Gasteiger partial charge on any atom is -0.748 e. The van der Waals surface area contributed by atoms with Gasteiger partial charge in [0.1, 0.15) is 0 Å². The smallest absolute Gasteiger partial charge is 0 e. The Morgan fingerprint density at radius 2 is 0.923 bits per heavy atom. The zero-order valence-corrected chi connectivity index (χ0v) is 10.6. The number of rotatable bonds is 0. The number of hydrogen-bond donors (Lipinski definition) is 0. The largest absolute Gasteiger partial charge is 0.748 e. The van der Waals surface area contributed by atoms with Crippen molar-refractivity contribution in [2.24, 2.45) is 0 Å². The van der Waals surface area contributed by atoms with Gasteiger partial charge in [0, 0.05) is 21.1 Å². The number of halogens is 2. The predicted octanol–water partition coefficient (Wildman–Crippen LogP) is 3.65. The van der Waals surface area contributed by atoms with Crippen LogP contribution in [-0.4, -0.2) is 0 Å². The average molecular weight is 299 g/mol. The molecule has 0 saturated heterocycles. The third-order valence-corrected chi connectivity index (χ3v) is 1.11. The Morgan fingerprint density at radius 3 is 1.08 bits per heavy atom. The van der Waals surface area contributed by atoms with Crippen molar-refractivity contribution in [3.8, 4) is 0 Å². The zero-order chi connectivity index (χ0) is 7.07. The summed E-state index contributed by atoms with van der Waals surface area (Å²) in [7, 11) is 0. The molecule has 0 aromatic heterocycles. The summed E-state index contributed by atoms with van der Waals surface area (Å²) in [6.07, 6.45) is 0. The van der Waals surface area contributed by atoms with Gasteiger partial charge in [0.2, 0.25) is 0 Å². The summed E-state index contributed by atoms with van der Waals surface area (Å²) in [5.41, 5.74) is 0. The molecule has 2 rings (SSSR count). The molecule has 0 radical (unpaired) electrons. The first-order valence-electron chi connectivity index (χ1n) is 3.33. The van der Waals surface area contributed by atoms with Crippen LogP contribution in [0.1, 0.15) is 0 Å². The van der Waals surface area contributed by atoms with Crippen molar-refractivity contribution in [2.45, 2.75) is 0 Å². The van der Waals surface area contributed by atoms with Crippen molar-refractivity contribution >= 4 is 24.8 Å². The summed E-state index contributed by atoms with van der Waals surface area (Å²) in [5, 5.41) is 0. The molecule has 0 amide bonds. The van der Waals surface area contributed by atoms with E-state index in [1.807, 2.05) is 60.7 Å². The molecule has 0 aliphatic rings. The van der Waals surface area contributed by atoms with Crippen LogP contribution >= 0.6 is 24.8 Å². The molecule has 0 aliphatic carbocycles. The summed E-state index contributed by atoms with van der Waals surface area (Å²) in [4.78, 5) is 0. The first-order valence-corrected chi connectivity index (χ1v) is 3.33. The van der Waals surface area contributed by atoms with Crippen molar-refractivity contribution in [1.29, 1.82) is 0 Å². The normalized spacial score (nSPS) is 6.15. The topological polar surface area (TPSA) is 0 Å². The van der Waals surface area contributed by atoms with Crippen LogP contribution in [0, 0.1) is 0 Å². The van der Waals surface area contributed by atoms with E-state index in [1.54, 1.807) is 0 Å². The third kappa shape index (κ3) is 12.0. The van der Waals surface area contributed by atoms with Crippen molar-refractivity contribution < 1.29 is 21.1 Å². The summed E-state index contributed by atoms with van der Waals surface area (Å²) >= 11 is 0. The van der Waals surface area contributed by atoms with Crippen LogP contribution in [0.25, 0.3) is 0 Å². The van der Waals surface area contributed by atoms with Gasteiger partial charge in [-0.2, -0.15) is 18.2 Å². The Morgan fingerprint density at radius 1 is 0.615 bits per heavy atom. The Bertz CT molecular complexity index is 152. The molecule has 0 bridgehead atoms. The van der Waals surface area contributed by atoms with E-state index in [0.717, 1.165) is 0 Å². The van der Waals surface area contributed by atoms with Crippen LogP contribution in [0.5, 0.6) is 0 Å². The van der Waals surface area contributed by atoms with Gasteiger partial charge in [-0.15, -0.1) is 24.8 Å². The molecule has 3 heteroatoms. The minimum atomic E-state index is 0. The molecule has 0 spiro atoms. The van der Waals surface area contributed by atoms with Gasteiger partial charge < -0.3 is 30.3 Å². The van der Waals surface area contributed by atoms with E-state index in [-0.39, 0.29) is 45.9 Å². The second-order valence-corrected chi connectivity index (χ2v) is 1.92. The van der Waals surface area contributed by atoms with Gasteiger partial charge in [0.15, 0.2) is 0 Å². The van der Waals surface area contributed by atoms with Gasteiger partial charge in [-0.05, 0) is 0 Å². The monoisotopic (exact) mass is 300 g/mol. The standard InChI is InChI=1S/2C5H5.2ClH.Mo/c2*1-2-4-5-3-1;;;/h2*1-5H;2*1H;/q-5;-1;;;. The van der Waals surface area contributed by atoms with Crippen LogP contribution in [0.4, 0.5) is 0 Å². The van der Waals surface area contributed by atoms with E-state index in [0.29, 0.717) is 0 Å². The molecule has 0 nitrogen and oxygen atoms in total. The summed E-state index contributed by atoms with van der Waals surface area (Å²) in [6.45, 7) is 0. The number of hydrogen-bond acceptors (Lipinski definition) is 0. The van der Waals surface area contributed by atoms with E-state index < -0.39 is 0 Å². The fourth-order valence-corrected chi connectivity index (χ4v) is 0.642. The summed E-state index contributed by atoms with van der Waals surface area (Å²) < 4.78 is 0. The first-order chi connectivity index (χ1) is 5.00. The molecule has 0 unspecified atom stereocenters. The van der Waals surface area contributed by atoms with Gasteiger partial charge in [0.05, 0.1) is 0 Å². The summed E-state index contributed by atoms with van der Waals surface area (Å²) in [5.74, 6) is 0. The molecule has 0 fully saturated rings. The molecule has 0 heterocycles. The molecule has 0 N–H and O–H groups in total. The van der Waals surface area contributed by atoms with Gasteiger partial charge in [0.25, 0.3) is 0 Å². The fourth-order valence-electron chi connectivity index (χ4n) is 0.642. The van der Waals surface area contributed by atoms with E-state index in [4.69, 9.17) is 0 Å². The zero-order valence-electron chi connectivity index (χ0n) is 7.00. The van der Waals surface area contributed by atoms with Crippen LogP contribution in [0.15, 0.2) is 60.7 Å². The quantitative estimate of drug-likeness (QED) is 0.514. The molecule has 2 aromatic carbocycles. The van der Waals surface area contributed by atoms with Gasteiger partial charge in [-0.1, -0.05) is 0 Å². The second-order valence-electron chi connectivity index (χ2n) is 1.92. The molecule has 0 aliphatic heterocycles. The SMILES string of the molecule is Cl.Cl.[Mo].[cH-]1[cH-][cH-][cH-][cH-]1.c1cc[cH-]c1. The van der Waals surface area contributed by atoms with Crippen LogP contribution in [0.2, 0.25) is 0 Å². The van der Waals surface area contributed by atoms with Crippen LogP contribution in [-0.2, 0) is 21.1 Å². The van der Waals surface area contributed by atoms with Crippen LogP contribution in [0.3, 0.4) is 0 Å². The van der Waals surface area contributed by atoms with Crippen molar-refractivity contribution in [2.75, 3.05) is 0 Å². The third-order valence-electron chi connectivity index (χ3n) is 1.11. The van der Waals surface area contributed by atoms with Gasteiger partial charge in [-0.3, -0.25) is 0 Å². The molecule has 0 atom stereocenters. The van der Waals surface area contributed by atoms with E-state index in [2.05, 4.69) is 0 Å². The molecule has 13 heavy (non-hydrogen) atoms. The maximum Gasteiger partial charge on any atom is 0 e. The molecule has 78 valence electrons. The Balaban J connectivity index is -0.000000125. The molecule has 2 aromatic rings. The van der Waals surface area contributed by atoms with Gasteiger partial charge in [-0.25, -0.2) is 12.1 Å². The van der Waals surface area contributed by atoms with Crippen LogP contribution < -0.4 is 0 Å². The van der Waals surface area contributed by atoms with Gasteiger partial charge >= 0.3 is 0 Å². The summed E-state index contributed by atoms with van der Waals surface area (Å²) in [6, 6.07) is 20.0. The maximum absolute atomic E-state index is 2.00.